The molecule has 0 aromatic carbocycles. The summed E-state index contributed by atoms with van der Waals surface area (Å²) in [6, 6.07) is 0.861. The zero-order chi connectivity index (χ0) is 19.6. The summed E-state index contributed by atoms with van der Waals surface area (Å²) in [4.78, 5) is 20.1. The molecule has 0 bridgehead atoms. The monoisotopic (exact) mass is 393 g/mol. The van der Waals surface area contributed by atoms with Gasteiger partial charge >= 0.3 is 5.97 Å². The molecule has 3 rings (SSSR count). The van der Waals surface area contributed by atoms with Crippen molar-refractivity contribution in [2.75, 3.05) is 11.9 Å². The Bertz CT molecular complexity index is 819. The van der Waals surface area contributed by atoms with Crippen LogP contribution in [0.25, 0.3) is 11.0 Å². The maximum absolute atomic E-state index is 11.7. The first kappa shape index (κ1) is 19.7. The molecule has 1 saturated carbocycles. The molecule has 0 spiro atoms. The van der Waals surface area contributed by atoms with Crippen molar-refractivity contribution in [1.29, 1.82) is 0 Å². The summed E-state index contributed by atoms with van der Waals surface area (Å²) in [6.07, 6.45) is 3.36. The molecule has 2 aromatic heterocycles. The number of fused-ring (bicyclic) bond motifs is 1. The molecule has 2 heterocycles. The van der Waals surface area contributed by atoms with E-state index in [1.165, 1.54) is 11.0 Å². The van der Waals surface area contributed by atoms with Crippen molar-refractivity contribution in [1.82, 2.24) is 19.7 Å². The van der Waals surface area contributed by atoms with Crippen LogP contribution in [0, 0.1) is 0 Å². The minimum Gasteiger partial charge on any atom is -0.476 e. The van der Waals surface area contributed by atoms with Gasteiger partial charge in [-0.25, -0.2) is 19.4 Å². The molecule has 2 atom stereocenters. The van der Waals surface area contributed by atoms with Crippen molar-refractivity contribution in [2.24, 2.45) is 0 Å². The lowest BCUT2D eigenvalue weighted by Crippen LogP contribution is -2.28. The van der Waals surface area contributed by atoms with Crippen LogP contribution in [0.5, 0.6) is 0 Å². The van der Waals surface area contributed by atoms with Gasteiger partial charge in [0.15, 0.2) is 11.3 Å². The highest BCUT2D eigenvalue weighted by molar-refractivity contribution is 6.76. The van der Waals surface area contributed by atoms with E-state index < -0.39 is 20.1 Å². The van der Waals surface area contributed by atoms with Gasteiger partial charge in [0.05, 0.1) is 17.5 Å². The molecule has 10 heteroatoms. The van der Waals surface area contributed by atoms with Gasteiger partial charge < -0.3 is 20.3 Å². The average Bonchev–Trinajstić information content (AvgIpc) is 3.16. The number of nitrogens with zero attached hydrogens (tertiary/aromatic N) is 4. The van der Waals surface area contributed by atoms with Crippen molar-refractivity contribution < 1.29 is 19.7 Å². The van der Waals surface area contributed by atoms with Crippen molar-refractivity contribution in [3.63, 3.8) is 0 Å². The van der Waals surface area contributed by atoms with E-state index in [2.05, 4.69) is 40.0 Å². The number of anilines is 1. The third kappa shape index (κ3) is 4.63. The number of aromatic carboxylic acids is 1. The van der Waals surface area contributed by atoms with E-state index in [0.717, 1.165) is 25.3 Å². The number of ether oxygens (including phenoxy) is 1. The highest BCUT2D eigenvalue weighted by atomic mass is 28.3. The Kier molecular flexibility index (Phi) is 5.77. The molecular weight excluding hydrogens is 366 g/mol. The van der Waals surface area contributed by atoms with Crippen LogP contribution in [0.2, 0.25) is 25.7 Å². The molecule has 148 valence electrons. The van der Waals surface area contributed by atoms with E-state index in [9.17, 15) is 15.0 Å². The second-order valence-electron chi connectivity index (χ2n) is 8.17. The topological polar surface area (TPSA) is 122 Å². The zero-order valence-corrected chi connectivity index (χ0v) is 17.0. The first-order valence-electron chi connectivity index (χ1n) is 9.23. The van der Waals surface area contributed by atoms with Gasteiger partial charge in [-0.2, -0.15) is 5.10 Å². The fourth-order valence-electron chi connectivity index (χ4n) is 3.17. The molecule has 3 N–H and O–H groups in total. The second kappa shape index (κ2) is 7.91. The maximum Gasteiger partial charge on any atom is 0.357 e. The fraction of sp³-hybridized carbons (Fsp3) is 0.647. The molecule has 2 aromatic rings. The van der Waals surface area contributed by atoms with Crippen LogP contribution >= 0.6 is 0 Å². The first-order chi connectivity index (χ1) is 12.8. The second-order valence-corrected chi connectivity index (χ2v) is 13.8. The molecule has 0 aliphatic heterocycles. The third-order valence-electron chi connectivity index (χ3n) is 4.74. The van der Waals surface area contributed by atoms with Gasteiger partial charge in [-0.1, -0.05) is 19.6 Å². The molecule has 9 nitrogen and oxygen atoms in total. The van der Waals surface area contributed by atoms with Gasteiger partial charge in [0.2, 0.25) is 0 Å². The number of hydrogen-bond acceptors (Lipinski definition) is 7. The zero-order valence-electron chi connectivity index (χ0n) is 16.0. The number of aromatic nitrogens is 4. The number of aliphatic hydroxyl groups is 1. The van der Waals surface area contributed by atoms with Crippen molar-refractivity contribution in [2.45, 2.75) is 63.8 Å². The van der Waals surface area contributed by atoms with E-state index in [4.69, 9.17) is 4.74 Å². The third-order valence-corrected chi connectivity index (χ3v) is 6.45. The normalized spacial score (nSPS) is 20.3. The van der Waals surface area contributed by atoms with Gasteiger partial charge in [-0.05, 0) is 25.3 Å². The Morgan fingerprint density at radius 2 is 2.15 bits per heavy atom. The molecule has 1 aliphatic rings. The van der Waals surface area contributed by atoms with E-state index in [1.807, 2.05) is 0 Å². The van der Waals surface area contributed by atoms with Crippen molar-refractivity contribution in [3.05, 3.63) is 12.0 Å². The summed E-state index contributed by atoms with van der Waals surface area (Å²) in [6.45, 7) is 7.54. The SMILES string of the molecule is C[Si](C)(C)CCOCn1nc(C(=O)O)c2c(N[C@@H]3CCC[C@H]3O)ncnc21. The number of rotatable bonds is 8. The Hall–Kier alpha value is -2.04. The summed E-state index contributed by atoms with van der Waals surface area (Å²) in [5, 5.41) is 27.3. The number of hydrogen-bond donors (Lipinski definition) is 3. The van der Waals surface area contributed by atoms with Crippen LogP contribution in [0.4, 0.5) is 5.82 Å². The van der Waals surface area contributed by atoms with Crippen LogP contribution in [0.3, 0.4) is 0 Å². The van der Waals surface area contributed by atoms with Gasteiger partial charge in [0.1, 0.15) is 18.9 Å². The predicted molar refractivity (Wildman–Crippen MR) is 104 cm³/mol. The van der Waals surface area contributed by atoms with Crippen LogP contribution in [-0.4, -0.2) is 62.8 Å². The average molecular weight is 394 g/mol. The van der Waals surface area contributed by atoms with E-state index >= 15 is 0 Å². The highest BCUT2D eigenvalue weighted by Gasteiger charge is 2.28. The number of nitrogens with one attached hydrogen (secondary N) is 1. The maximum atomic E-state index is 11.7. The summed E-state index contributed by atoms with van der Waals surface area (Å²) < 4.78 is 7.17. The van der Waals surface area contributed by atoms with E-state index in [0.29, 0.717) is 23.5 Å². The van der Waals surface area contributed by atoms with E-state index in [-0.39, 0.29) is 18.5 Å². The lowest BCUT2D eigenvalue weighted by Gasteiger charge is -2.17. The Morgan fingerprint density at radius 3 is 2.78 bits per heavy atom. The van der Waals surface area contributed by atoms with Gasteiger partial charge in [-0.15, -0.1) is 0 Å². The summed E-state index contributed by atoms with van der Waals surface area (Å²) in [7, 11) is -1.21. The van der Waals surface area contributed by atoms with Crippen LogP contribution in [-0.2, 0) is 11.5 Å². The minimum absolute atomic E-state index is 0.116. The quantitative estimate of drug-likeness (QED) is 0.461. The number of aliphatic hydroxyl groups excluding tert-OH is 1. The highest BCUT2D eigenvalue weighted by Crippen LogP contribution is 2.28. The molecule has 0 unspecified atom stereocenters. The van der Waals surface area contributed by atoms with Crippen molar-refractivity contribution >= 4 is 30.9 Å². The standard InChI is InChI=1S/C17H27N5O4Si/c1-27(2,3)8-7-26-10-22-16-13(14(21-22)17(24)25)15(18-9-19-16)20-11-5-4-6-12(11)23/h9,11-12,23H,4-8,10H2,1-3H3,(H,24,25)(H,18,19,20)/t11-,12-/m1/s1. The van der Waals surface area contributed by atoms with Crippen LogP contribution in [0.1, 0.15) is 29.8 Å². The summed E-state index contributed by atoms with van der Waals surface area (Å²) >= 11 is 0. The van der Waals surface area contributed by atoms with E-state index in [1.54, 1.807) is 0 Å². The van der Waals surface area contributed by atoms with Crippen LogP contribution in [0.15, 0.2) is 6.33 Å². The Balaban J connectivity index is 1.85. The lowest BCUT2D eigenvalue weighted by atomic mass is 10.2. The Labute approximate surface area is 158 Å². The number of carbonyl (C=O) groups is 1. The largest absolute Gasteiger partial charge is 0.476 e. The smallest absolute Gasteiger partial charge is 0.357 e. The molecule has 27 heavy (non-hydrogen) atoms. The lowest BCUT2D eigenvalue weighted by molar-refractivity contribution is 0.0676. The molecule has 0 amide bonds. The summed E-state index contributed by atoms with van der Waals surface area (Å²) in [5.41, 5.74) is 0.291. The van der Waals surface area contributed by atoms with Gasteiger partial charge in [0.25, 0.3) is 0 Å². The molecule has 1 fully saturated rings. The summed E-state index contributed by atoms with van der Waals surface area (Å²) in [5.74, 6) is -0.762. The van der Waals surface area contributed by atoms with Crippen molar-refractivity contribution in [3.8, 4) is 0 Å². The fourth-order valence-corrected chi connectivity index (χ4v) is 3.93. The van der Waals surface area contributed by atoms with Gasteiger partial charge in [-0.3, -0.25) is 0 Å². The van der Waals surface area contributed by atoms with Gasteiger partial charge in [0, 0.05) is 14.7 Å². The minimum atomic E-state index is -1.21. The molecular formula is C17H27N5O4Si. The molecule has 0 saturated heterocycles. The Morgan fingerprint density at radius 1 is 1.37 bits per heavy atom. The van der Waals surface area contributed by atoms with Crippen LogP contribution < -0.4 is 5.32 Å². The number of carboxylic acid groups (broad SMARTS) is 1. The first-order valence-corrected chi connectivity index (χ1v) is 12.9. The molecule has 1 aliphatic carbocycles. The number of carboxylic acids is 1. The predicted octanol–water partition coefficient (Wildman–Crippen LogP) is 2.16. The molecule has 0 radical (unpaired) electrons.